The minimum atomic E-state index is -0.283. The van der Waals surface area contributed by atoms with Gasteiger partial charge in [-0.3, -0.25) is 9.59 Å². The predicted molar refractivity (Wildman–Crippen MR) is 129 cm³/mol. The van der Waals surface area contributed by atoms with Gasteiger partial charge in [0.25, 0.3) is 11.8 Å². The zero-order valence-corrected chi connectivity index (χ0v) is 19.2. The number of pyridine rings is 1. The average Bonchev–Trinajstić information content (AvgIpc) is 2.84. The van der Waals surface area contributed by atoms with E-state index in [1.165, 1.54) is 0 Å². The fraction of sp³-hybridized carbons (Fsp3) is 0.208. The van der Waals surface area contributed by atoms with Crippen molar-refractivity contribution in [2.24, 2.45) is 0 Å². The molecule has 0 atom stereocenters. The molecule has 1 fully saturated rings. The summed E-state index contributed by atoms with van der Waals surface area (Å²) in [5, 5.41) is 3.98. The van der Waals surface area contributed by atoms with Crippen molar-refractivity contribution in [2.45, 2.75) is 0 Å². The van der Waals surface area contributed by atoms with Crippen molar-refractivity contribution in [3.05, 3.63) is 82.5 Å². The van der Waals surface area contributed by atoms with Gasteiger partial charge in [-0.05, 0) is 60.7 Å². The van der Waals surface area contributed by atoms with Crippen LogP contribution in [0.5, 0.6) is 5.75 Å². The highest BCUT2D eigenvalue weighted by molar-refractivity contribution is 6.30. The van der Waals surface area contributed by atoms with Gasteiger partial charge < -0.3 is 19.9 Å². The Hall–Kier alpha value is -3.29. The average molecular weight is 485 g/mol. The molecule has 33 heavy (non-hydrogen) atoms. The molecule has 1 N–H and O–H groups in total. The number of nitrogens with zero attached hydrogens (tertiary/aromatic N) is 3. The molecule has 0 aliphatic carbocycles. The first-order valence-corrected chi connectivity index (χ1v) is 11.2. The number of carbonyl (C=O) groups is 2. The van der Waals surface area contributed by atoms with Gasteiger partial charge in [-0.25, -0.2) is 4.98 Å². The number of piperazine rings is 1. The highest BCUT2D eigenvalue weighted by Crippen LogP contribution is 2.19. The monoisotopic (exact) mass is 484 g/mol. The van der Waals surface area contributed by atoms with Crippen LogP contribution in [0.15, 0.2) is 66.9 Å². The standard InChI is InChI=1S/C24H22Cl2N4O3/c25-18-3-1-17(2-4-18)24(32)30-13-11-29(12-14-30)22-10-7-20(15-27-22)28-23(31)16-33-21-8-5-19(26)6-9-21/h1-10,15H,11-14,16H2,(H,28,31). The van der Waals surface area contributed by atoms with E-state index in [1.54, 1.807) is 60.8 Å². The second kappa shape index (κ2) is 10.6. The van der Waals surface area contributed by atoms with Gasteiger partial charge in [-0.2, -0.15) is 0 Å². The SMILES string of the molecule is O=C(COc1ccc(Cl)cc1)Nc1ccc(N2CCN(C(=O)c3ccc(Cl)cc3)CC2)nc1. The third kappa shape index (κ3) is 6.15. The number of ether oxygens (including phenoxy) is 1. The van der Waals surface area contributed by atoms with E-state index in [0.717, 1.165) is 5.82 Å². The molecular formula is C24H22Cl2N4O3. The summed E-state index contributed by atoms with van der Waals surface area (Å²) in [6.45, 7) is 2.43. The molecule has 0 radical (unpaired) electrons. The van der Waals surface area contributed by atoms with Crippen molar-refractivity contribution in [1.82, 2.24) is 9.88 Å². The Morgan fingerprint density at radius 2 is 1.52 bits per heavy atom. The normalized spacial score (nSPS) is 13.5. The fourth-order valence-electron chi connectivity index (χ4n) is 3.44. The molecular weight excluding hydrogens is 463 g/mol. The number of aromatic nitrogens is 1. The summed E-state index contributed by atoms with van der Waals surface area (Å²) in [6, 6.07) is 17.4. The summed E-state index contributed by atoms with van der Waals surface area (Å²) in [6.07, 6.45) is 1.61. The topological polar surface area (TPSA) is 74.8 Å². The Morgan fingerprint density at radius 3 is 2.12 bits per heavy atom. The molecule has 7 nitrogen and oxygen atoms in total. The van der Waals surface area contributed by atoms with E-state index >= 15 is 0 Å². The van der Waals surface area contributed by atoms with E-state index in [4.69, 9.17) is 27.9 Å². The van der Waals surface area contributed by atoms with Crippen LogP contribution in [0.3, 0.4) is 0 Å². The molecule has 9 heteroatoms. The zero-order valence-electron chi connectivity index (χ0n) is 17.7. The molecule has 1 aromatic heterocycles. The lowest BCUT2D eigenvalue weighted by atomic mass is 10.2. The number of nitrogens with one attached hydrogen (secondary N) is 1. The van der Waals surface area contributed by atoms with Crippen molar-refractivity contribution in [1.29, 1.82) is 0 Å². The summed E-state index contributed by atoms with van der Waals surface area (Å²) >= 11 is 11.7. The van der Waals surface area contributed by atoms with E-state index in [-0.39, 0.29) is 18.4 Å². The van der Waals surface area contributed by atoms with Gasteiger partial charge in [0.2, 0.25) is 0 Å². The fourth-order valence-corrected chi connectivity index (χ4v) is 3.69. The molecule has 4 rings (SSSR count). The molecule has 0 spiro atoms. The van der Waals surface area contributed by atoms with Crippen LogP contribution in [0, 0.1) is 0 Å². The summed E-state index contributed by atoms with van der Waals surface area (Å²) in [5.41, 5.74) is 1.21. The van der Waals surface area contributed by atoms with E-state index in [1.807, 2.05) is 11.0 Å². The largest absolute Gasteiger partial charge is 0.484 e. The smallest absolute Gasteiger partial charge is 0.262 e. The van der Waals surface area contributed by atoms with E-state index in [0.29, 0.717) is 53.2 Å². The van der Waals surface area contributed by atoms with Crippen LogP contribution in [-0.2, 0) is 4.79 Å². The van der Waals surface area contributed by atoms with Gasteiger partial charge in [-0.15, -0.1) is 0 Å². The number of rotatable bonds is 6. The molecule has 2 amide bonds. The van der Waals surface area contributed by atoms with Gasteiger partial charge in [0.1, 0.15) is 11.6 Å². The van der Waals surface area contributed by atoms with Gasteiger partial charge >= 0.3 is 0 Å². The van der Waals surface area contributed by atoms with Crippen LogP contribution in [0.25, 0.3) is 0 Å². The molecule has 1 aliphatic rings. The molecule has 0 unspecified atom stereocenters. The Labute approximate surface area is 201 Å². The van der Waals surface area contributed by atoms with Gasteiger partial charge in [0.05, 0.1) is 11.9 Å². The second-order valence-corrected chi connectivity index (χ2v) is 8.35. The van der Waals surface area contributed by atoms with Crippen LogP contribution in [0.1, 0.15) is 10.4 Å². The van der Waals surface area contributed by atoms with Crippen LogP contribution in [0.2, 0.25) is 10.0 Å². The lowest BCUT2D eigenvalue weighted by Crippen LogP contribution is -2.49. The summed E-state index contributed by atoms with van der Waals surface area (Å²) in [5.74, 6) is 1.08. The van der Waals surface area contributed by atoms with Crippen LogP contribution < -0.4 is 15.0 Å². The first kappa shape index (κ1) is 22.9. The first-order chi connectivity index (χ1) is 16.0. The van der Waals surface area contributed by atoms with Crippen molar-refractivity contribution in [3.63, 3.8) is 0 Å². The Bertz CT molecular complexity index is 1100. The molecule has 2 heterocycles. The quantitative estimate of drug-likeness (QED) is 0.562. The molecule has 2 aromatic carbocycles. The first-order valence-electron chi connectivity index (χ1n) is 10.4. The Kier molecular flexibility index (Phi) is 7.32. The second-order valence-electron chi connectivity index (χ2n) is 7.48. The maximum Gasteiger partial charge on any atom is 0.262 e. The van der Waals surface area contributed by atoms with Crippen molar-refractivity contribution in [2.75, 3.05) is 43.0 Å². The number of carbonyl (C=O) groups excluding carboxylic acids is 2. The maximum absolute atomic E-state index is 12.7. The maximum atomic E-state index is 12.7. The number of hydrogen-bond donors (Lipinski definition) is 1. The van der Waals surface area contributed by atoms with Gasteiger partial charge in [0.15, 0.2) is 6.61 Å². The third-order valence-corrected chi connectivity index (χ3v) is 5.70. The number of halogens is 2. The zero-order chi connectivity index (χ0) is 23.2. The highest BCUT2D eigenvalue weighted by atomic mass is 35.5. The van der Waals surface area contributed by atoms with E-state index in [9.17, 15) is 9.59 Å². The van der Waals surface area contributed by atoms with E-state index in [2.05, 4.69) is 15.2 Å². The van der Waals surface area contributed by atoms with Gasteiger partial charge in [-0.1, -0.05) is 23.2 Å². The highest BCUT2D eigenvalue weighted by Gasteiger charge is 2.22. The lowest BCUT2D eigenvalue weighted by molar-refractivity contribution is -0.118. The molecule has 0 bridgehead atoms. The third-order valence-electron chi connectivity index (χ3n) is 5.20. The van der Waals surface area contributed by atoms with Crippen LogP contribution in [-0.4, -0.2) is 54.5 Å². The van der Waals surface area contributed by atoms with Crippen LogP contribution in [0.4, 0.5) is 11.5 Å². The number of amides is 2. The summed E-state index contributed by atoms with van der Waals surface area (Å²) in [4.78, 5) is 33.2. The number of hydrogen-bond acceptors (Lipinski definition) is 5. The Balaban J connectivity index is 1.25. The lowest BCUT2D eigenvalue weighted by Gasteiger charge is -2.35. The summed E-state index contributed by atoms with van der Waals surface area (Å²) < 4.78 is 5.44. The van der Waals surface area contributed by atoms with Gasteiger partial charge in [0, 0.05) is 41.8 Å². The molecule has 1 aliphatic heterocycles. The number of benzene rings is 2. The van der Waals surface area contributed by atoms with Crippen molar-refractivity contribution < 1.29 is 14.3 Å². The van der Waals surface area contributed by atoms with E-state index < -0.39 is 0 Å². The number of anilines is 2. The minimum Gasteiger partial charge on any atom is -0.484 e. The van der Waals surface area contributed by atoms with Crippen molar-refractivity contribution >= 4 is 46.5 Å². The molecule has 1 saturated heterocycles. The molecule has 0 saturated carbocycles. The minimum absolute atomic E-state index is 0.00171. The summed E-state index contributed by atoms with van der Waals surface area (Å²) in [7, 11) is 0. The molecule has 170 valence electrons. The van der Waals surface area contributed by atoms with Crippen molar-refractivity contribution in [3.8, 4) is 5.75 Å². The molecule has 3 aromatic rings. The Morgan fingerprint density at radius 1 is 0.879 bits per heavy atom. The predicted octanol–water partition coefficient (Wildman–Crippen LogP) is 4.37. The van der Waals surface area contributed by atoms with Crippen LogP contribution >= 0.6 is 23.2 Å².